The van der Waals surface area contributed by atoms with Crippen LogP contribution in [0, 0.1) is 11.3 Å². The van der Waals surface area contributed by atoms with Gasteiger partial charge in [0.2, 0.25) is 0 Å². The van der Waals surface area contributed by atoms with Gasteiger partial charge >= 0.3 is 0 Å². The van der Waals surface area contributed by atoms with Gasteiger partial charge < -0.3 is 10.2 Å². The van der Waals surface area contributed by atoms with E-state index >= 15 is 0 Å². The number of hydrogen-bond donors (Lipinski definition) is 1. The number of nitrogens with one attached hydrogen (secondary N) is 1. The van der Waals surface area contributed by atoms with Gasteiger partial charge in [0.1, 0.15) is 6.29 Å². The zero-order valence-corrected chi connectivity index (χ0v) is 5.76. The average molecular weight is 127 g/mol. The second-order valence-corrected chi connectivity index (χ2v) is 2.24. The van der Waals surface area contributed by atoms with E-state index in [2.05, 4.69) is 0 Å². The smallest absolute Gasteiger partial charge is 0.119 e. The highest BCUT2D eigenvalue weighted by Crippen LogP contribution is 2.02. The molecule has 0 fully saturated rings. The van der Waals surface area contributed by atoms with Gasteiger partial charge in [-0.15, -0.1) is 0 Å². The van der Waals surface area contributed by atoms with Crippen molar-refractivity contribution in [1.29, 1.82) is 5.41 Å². The summed E-state index contributed by atoms with van der Waals surface area (Å²) in [5.74, 6) is 0.338. The first-order chi connectivity index (χ1) is 4.31. The average Bonchev–Trinajstić information content (AvgIpc) is 1.89. The summed E-state index contributed by atoms with van der Waals surface area (Å²) in [5, 5.41) is 6.83. The van der Waals surface area contributed by atoms with Gasteiger partial charge in [0, 0.05) is 6.42 Å². The largest absolute Gasteiger partial charge is 0.313 e. The number of unbranched alkanes of at least 4 members (excludes halogenated alkanes) is 1. The predicted molar refractivity (Wildman–Crippen MR) is 37.9 cm³/mol. The van der Waals surface area contributed by atoms with Crippen LogP contribution in [0.3, 0.4) is 0 Å². The topological polar surface area (TPSA) is 40.9 Å². The van der Waals surface area contributed by atoms with Gasteiger partial charge in [0.05, 0.1) is 0 Å². The molecule has 0 saturated carbocycles. The molecule has 0 bridgehead atoms. The Bertz CT molecular complexity index is 90.9. The molecule has 0 aromatic heterocycles. The Morgan fingerprint density at radius 1 is 1.67 bits per heavy atom. The lowest BCUT2D eigenvalue weighted by molar-refractivity contribution is -0.107. The fourth-order valence-electron chi connectivity index (χ4n) is 0.606. The molecule has 1 unspecified atom stereocenters. The van der Waals surface area contributed by atoms with E-state index < -0.39 is 0 Å². The van der Waals surface area contributed by atoms with E-state index in [1.165, 1.54) is 6.21 Å². The number of carbonyl (C=O) groups is 1. The fourth-order valence-corrected chi connectivity index (χ4v) is 0.606. The number of carbonyl (C=O) groups excluding carboxylic acids is 1. The molecular weight excluding hydrogens is 114 g/mol. The predicted octanol–water partition coefficient (Wildman–Crippen LogP) is 1.64. The minimum absolute atomic E-state index is 0.338. The third-order valence-electron chi connectivity index (χ3n) is 1.27. The molecule has 0 heterocycles. The van der Waals surface area contributed by atoms with Crippen LogP contribution in [0.15, 0.2) is 0 Å². The fraction of sp³-hybridized carbons (Fsp3) is 0.714. The van der Waals surface area contributed by atoms with Gasteiger partial charge in [-0.3, -0.25) is 0 Å². The number of hydrogen-bond acceptors (Lipinski definition) is 2. The monoisotopic (exact) mass is 127 g/mol. The summed E-state index contributed by atoms with van der Waals surface area (Å²) in [6.07, 6.45) is 4.86. The molecule has 0 aliphatic carbocycles. The lowest BCUT2D eigenvalue weighted by Gasteiger charge is -1.99. The Morgan fingerprint density at radius 2 is 2.33 bits per heavy atom. The van der Waals surface area contributed by atoms with E-state index in [9.17, 15) is 4.79 Å². The van der Waals surface area contributed by atoms with E-state index in [1.807, 2.05) is 6.92 Å². The lowest BCUT2D eigenvalue weighted by atomic mass is 10.1. The molecule has 0 spiro atoms. The van der Waals surface area contributed by atoms with Gasteiger partial charge in [0.15, 0.2) is 0 Å². The van der Waals surface area contributed by atoms with Crippen molar-refractivity contribution in [3.05, 3.63) is 0 Å². The second-order valence-electron chi connectivity index (χ2n) is 2.24. The quantitative estimate of drug-likeness (QED) is 0.340. The van der Waals surface area contributed by atoms with Crippen molar-refractivity contribution in [2.75, 3.05) is 0 Å². The van der Waals surface area contributed by atoms with Crippen molar-refractivity contribution in [3.63, 3.8) is 0 Å². The lowest BCUT2D eigenvalue weighted by Crippen LogP contribution is -1.94. The summed E-state index contributed by atoms with van der Waals surface area (Å²) in [7, 11) is 0. The van der Waals surface area contributed by atoms with Crippen LogP contribution < -0.4 is 0 Å². The SMILES string of the molecule is CC(C=N)CCCC=O. The molecule has 0 aliphatic rings. The van der Waals surface area contributed by atoms with Crippen LogP contribution in [0.25, 0.3) is 0 Å². The van der Waals surface area contributed by atoms with Crippen LogP contribution in [-0.2, 0) is 4.79 Å². The second kappa shape index (κ2) is 5.48. The van der Waals surface area contributed by atoms with Crippen molar-refractivity contribution < 1.29 is 4.79 Å². The molecule has 52 valence electrons. The highest BCUT2D eigenvalue weighted by atomic mass is 16.1. The maximum absolute atomic E-state index is 9.82. The Labute approximate surface area is 55.8 Å². The van der Waals surface area contributed by atoms with Crippen LogP contribution in [0.1, 0.15) is 26.2 Å². The molecular formula is C7H13NO. The summed E-state index contributed by atoms with van der Waals surface area (Å²) in [6, 6.07) is 0. The van der Waals surface area contributed by atoms with E-state index in [1.54, 1.807) is 0 Å². The van der Waals surface area contributed by atoms with E-state index in [0.717, 1.165) is 19.1 Å². The highest BCUT2D eigenvalue weighted by molar-refractivity contribution is 5.56. The molecule has 1 N–H and O–H groups in total. The maximum atomic E-state index is 9.82. The molecule has 0 amide bonds. The molecule has 0 rings (SSSR count). The van der Waals surface area contributed by atoms with Crippen molar-refractivity contribution in [1.82, 2.24) is 0 Å². The molecule has 2 nitrogen and oxygen atoms in total. The van der Waals surface area contributed by atoms with Gasteiger partial charge in [-0.05, 0) is 25.0 Å². The molecule has 0 radical (unpaired) electrons. The molecule has 2 heteroatoms. The first-order valence-corrected chi connectivity index (χ1v) is 3.25. The van der Waals surface area contributed by atoms with E-state index in [0.29, 0.717) is 12.3 Å². The van der Waals surface area contributed by atoms with Crippen molar-refractivity contribution in [2.45, 2.75) is 26.2 Å². The molecule has 0 aliphatic heterocycles. The van der Waals surface area contributed by atoms with Crippen molar-refractivity contribution in [3.8, 4) is 0 Å². The maximum Gasteiger partial charge on any atom is 0.119 e. The third-order valence-corrected chi connectivity index (χ3v) is 1.27. The van der Waals surface area contributed by atoms with Crippen molar-refractivity contribution in [2.24, 2.45) is 5.92 Å². The molecule has 0 aromatic rings. The van der Waals surface area contributed by atoms with Crippen molar-refractivity contribution >= 4 is 12.5 Å². The molecule has 0 saturated heterocycles. The van der Waals surface area contributed by atoms with E-state index in [-0.39, 0.29) is 0 Å². The van der Waals surface area contributed by atoms with Crippen LogP contribution in [0.2, 0.25) is 0 Å². The van der Waals surface area contributed by atoms with E-state index in [4.69, 9.17) is 5.41 Å². The summed E-state index contributed by atoms with van der Waals surface area (Å²) in [5.41, 5.74) is 0. The molecule has 0 aromatic carbocycles. The first-order valence-electron chi connectivity index (χ1n) is 3.25. The van der Waals surface area contributed by atoms with Crippen LogP contribution in [0.4, 0.5) is 0 Å². The number of aldehydes is 1. The summed E-state index contributed by atoms with van der Waals surface area (Å²) in [6.45, 7) is 1.98. The zero-order chi connectivity index (χ0) is 7.11. The Balaban J connectivity index is 3.05. The Hall–Kier alpha value is -0.660. The Morgan fingerprint density at radius 3 is 2.78 bits per heavy atom. The normalized spacial score (nSPS) is 12.6. The minimum atomic E-state index is 0.338. The summed E-state index contributed by atoms with van der Waals surface area (Å²) in [4.78, 5) is 9.82. The first kappa shape index (κ1) is 8.34. The minimum Gasteiger partial charge on any atom is -0.313 e. The summed E-state index contributed by atoms with van der Waals surface area (Å²) >= 11 is 0. The zero-order valence-electron chi connectivity index (χ0n) is 5.76. The number of rotatable bonds is 5. The van der Waals surface area contributed by atoms with Crippen LogP contribution in [0.5, 0.6) is 0 Å². The van der Waals surface area contributed by atoms with Gasteiger partial charge in [-0.25, -0.2) is 0 Å². The van der Waals surface area contributed by atoms with Crippen LogP contribution in [-0.4, -0.2) is 12.5 Å². The van der Waals surface area contributed by atoms with Crippen LogP contribution >= 0.6 is 0 Å². The van der Waals surface area contributed by atoms with Gasteiger partial charge in [-0.2, -0.15) is 0 Å². The summed E-state index contributed by atoms with van der Waals surface area (Å²) < 4.78 is 0. The standard InChI is InChI=1S/C7H13NO/c1-7(6-8)4-2-3-5-9/h5-8H,2-4H2,1H3. The van der Waals surface area contributed by atoms with Gasteiger partial charge in [-0.1, -0.05) is 6.92 Å². The molecule has 1 atom stereocenters. The highest BCUT2D eigenvalue weighted by Gasteiger charge is 1.94. The Kier molecular flexibility index (Phi) is 5.07. The molecule has 9 heavy (non-hydrogen) atoms. The third kappa shape index (κ3) is 5.21. The van der Waals surface area contributed by atoms with Gasteiger partial charge in [0.25, 0.3) is 0 Å².